The Hall–Kier alpha value is -1.89. The minimum Gasteiger partial charge on any atom is -0.480 e. The molecule has 0 aliphatic carbocycles. The Morgan fingerprint density at radius 1 is 1.56 bits per heavy atom. The van der Waals surface area contributed by atoms with Crippen LogP contribution in [0.4, 0.5) is 5.69 Å². The van der Waals surface area contributed by atoms with Gasteiger partial charge in [0.15, 0.2) is 0 Å². The Labute approximate surface area is 104 Å². The lowest BCUT2D eigenvalue weighted by Gasteiger charge is -2.22. The van der Waals surface area contributed by atoms with Crippen molar-refractivity contribution < 1.29 is 14.7 Å². The zero-order valence-corrected chi connectivity index (χ0v) is 9.93. The topological polar surface area (TPSA) is 96.2 Å². The van der Waals surface area contributed by atoms with E-state index in [-0.39, 0.29) is 18.5 Å². The van der Waals surface area contributed by atoms with Crippen molar-refractivity contribution in [3.8, 4) is 0 Å². The number of aliphatic carboxylic acids is 1. The average molecular weight is 252 g/mol. The van der Waals surface area contributed by atoms with Crippen LogP contribution in [-0.4, -0.2) is 39.4 Å². The van der Waals surface area contributed by atoms with E-state index in [2.05, 4.69) is 15.7 Å². The molecule has 1 fully saturated rings. The molecule has 1 amide bonds. The molecule has 0 aromatic carbocycles. The monoisotopic (exact) mass is 252 g/mol. The summed E-state index contributed by atoms with van der Waals surface area (Å²) < 4.78 is 1.27. The van der Waals surface area contributed by atoms with Gasteiger partial charge in [-0.2, -0.15) is 5.10 Å². The first kappa shape index (κ1) is 12.6. The lowest BCUT2D eigenvalue weighted by atomic mass is 10.0. The fraction of sp³-hybridized carbons (Fsp3) is 0.545. The van der Waals surface area contributed by atoms with Crippen molar-refractivity contribution in [3.63, 3.8) is 0 Å². The van der Waals surface area contributed by atoms with Crippen LogP contribution >= 0.6 is 0 Å². The quantitative estimate of drug-likeness (QED) is 0.703. The Bertz CT molecular complexity index is 437. The largest absolute Gasteiger partial charge is 0.480 e. The number of hydrogen-bond acceptors (Lipinski definition) is 4. The molecular formula is C11H16N4O3. The van der Waals surface area contributed by atoms with E-state index >= 15 is 0 Å². The number of nitrogens with zero attached hydrogens (tertiary/aromatic N) is 2. The van der Waals surface area contributed by atoms with Gasteiger partial charge in [0.25, 0.3) is 0 Å². The van der Waals surface area contributed by atoms with Crippen molar-refractivity contribution in [2.24, 2.45) is 0 Å². The highest BCUT2D eigenvalue weighted by Crippen LogP contribution is 2.10. The number of amides is 1. The molecule has 1 saturated heterocycles. The van der Waals surface area contributed by atoms with Gasteiger partial charge in [-0.15, -0.1) is 0 Å². The highest BCUT2D eigenvalue weighted by molar-refractivity contribution is 5.94. The summed E-state index contributed by atoms with van der Waals surface area (Å²) in [6.07, 6.45) is 5.93. The van der Waals surface area contributed by atoms with Gasteiger partial charge in [0.05, 0.1) is 17.9 Å². The normalized spacial score (nSPS) is 19.4. The van der Waals surface area contributed by atoms with Crippen LogP contribution in [0.1, 0.15) is 19.3 Å². The first-order valence-corrected chi connectivity index (χ1v) is 5.93. The summed E-state index contributed by atoms with van der Waals surface area (Å²) in [7, 11) is 0. The van der Waals surface area contributed by atoms with E-state index in [1.165, 1.54) is 17.1 Å². The van der Waals surface area contributed by atoms with E-state index in [1.807, 2.05) is 0 Å². The van der Waals surface area contributed by atoms with Gasteiger partial charge < -0.3 is 15.7 Å². The van der Waals surface area contributed by atoms with Gasteiger partial charge in [-0.05, 0) is 19.4 Å². The number of anilines is 1. The Morgan fingerprint density at radius 3 is 3.06 bits per heavy atom. The predicted molar refractivity (Wildman–Crippen MR) is 64.1 cm³/mol. The van der Waals surface area contributed by atoms with E-state index in [0.717, 1.165) is 25.8 Å². The summed E-state index contributed by atoms with van der Waals surface area (Å²) >= 11 is 0. The molecule has 0 bridgehead atoms. The molecule has 1 aromatic rings. The van der Waals surface area contributed by atoms with Crippen molar-refractivity contribution in [1.82, 2.24) is 15.1 Å². The molecule has 1 aliphatic rings. The Morgan fingerprint density at radius 2 is 2.39 bits per heavy atom. The zero-order chi connectivity index (χ0) is 13.0. The SMILES string of the molecule is O=C(O)Cn1cc(NC(=O)C2CCCCN2)cn1. The third kappa shape index (κ3) is 3.30. The van der Waals surface area contributed by atoms with Crippen LogP contribution in [0.3, 0.4) is 0 Å². The molecule has 1 aliphatic heterocycles. The molecule has 18 heavy (non-hydrogen) atoms. The van der Waals surface area contributed by atoms with Crippen molar-refractivity contribution in [2.45, 2.75) is 31.8 Å². The van der Waals surface area contributed by atoms with Crippen molar-refractivity contribution in [2.75, 3.05) is 11.9 Å². The van der Waals surface area contributed by atoms with Crippen LogP contribution in [0.5, 0.6) is 0 Å². The number of rotatable bonds is 4. The van der Waals surface area contributed by atoms with E-state index in [0.29, 0.717) is 5.69 Å². The second-order valence-corrected chi connectivity index (χ2v) is 4.31. The maximum absolute atomic E-state index is 11.9. The maximum Gasteiger partial charge on any atom is 0.325 e. The number of aromatic nitrogens is 2. The first-order valence-electron chi connectivity index (χ1n) is 5.93. The third-order valence-electron chi connectivity index (χ3n) is 2.82. The predicted octanol–water partition coefficient (Wildman–Crippen LogP) is 0.0483. The summed E-state index contributed by atoms with van der Waals surface area (Å²) in [5.74, 6) is -1.06. The van der Waals surface area contributed by atoms with Gasteiger partial charge in [-0.3, -0.25) is 14.3 Å². The van der Waals surface area contributed by atoms with Gasteiger partial charge >= 0.3 is 5.97 Å². The summed E-state index contributed by atoms with van der Waals surface area (Å²) in [5.41, 5.74) is 0.522. The molecule has 0 spiro atoms. The van der Waals surface area contributed by atoms with Crippen molar-refractivity contribution >= 4 is 17.6 Å². The summed E-state index contributed by atoms with van der Waals surface area (Å²) in [4.78, 5) is 22.4. The summed E-state index contributed by atoms with van der Waals surface area (Å²) in [6.45, 7) is 0.647. The second-order valence-electron chi connectivity index (χ2n) is 4.31. The lowest BCUT2D eigenvalue weighted by Crippen LogP contribution is -2.43. The smallest absolute Gasteiger partial charge is 0.325 e. The van der Waals surface area contributed by atoms with Gasteiger partial charge in [-0.25, -0.2) is 0 Å². The molecule has 7 nitrogen and oxygen atoms in total. The Kier molecular flexibility index (Phi) is 3.93. The number of carboxylic acid groups (broad SMARTS) is 1. The summed E-state index contributed by atoms with van der Waals surface area (Å²) in [6, 6.07) is -0.165. The van der Waals surface area contributed by atoms with Crippen LogP contribution < -0.4 is 10.6 Å². The van der Waals surface area contributed by atoms with Crippen LogP contribution in [0, 0.1) is 0 Å². The van der Waals surface area contributed by atoms with Gasteiger partial charge in [0.1, 0.15) is 6.54 Å². The number of carbonyl (C=O) groups excluding carboxylic acids is 1. The number of carboxylic acids is 1. The minimum atomic E-state index is -0.968. The molecule has 1 atom stereocenters. The van der Waals surface area contributed by atoms with Crippen molar-refractivity contribution in [3.05, 3.63) is 12.4 Å². The second kappa shape index (κ2) is 5.63. The average Bonchev–Trinajstić information content (AvgIpc) is 2.76. The van der Waals surface area contributed by atoms with E-state index in [4.69, 9.17) is 5.11 Å². The van der Waals surface area contributed by atoms with Gasteiger partial charge in [-0.1, -0.05) is 6.42 Å². The third-order valence-corrected chi connectivity index (χ3v) is 2.82. The molecule has 1 unspecified atom stereocenters. The highest BCUT2D eigenvalue weighted by atomic mass is 16.4. The van der Waals surface area contributed by atoms with Crippen LogP contribution in [0.15, 0.2) is 12.4 Å². The van der Waals surface area contributed by atoms with Crippen LogP contribution in [-0.2, 0) is 16.1 Å². The van der Waals surface area contributed by atoms with E-state index in [9.17, 15) is 9.59 Å². The fourth-order valence-electron chi connectivity index (χ4n) is 1.96. The maximum atomic E-state index is 11.9. The number of piperidine rings is 1. The molecule has 0 saturated carbocycles. The van der Waals surface area contributed by atoms with Gasteiger partial charge in [0.2, 0.25) is 5.91 Å². The molecular weight excluding hydrogens is 236 g/mol. The van der Waals surface area contributed by atoms with Gasteiger partial charge in [0, 0.05) is 6.20 Å². The first-order chi connectivity index (χ1) is 8.65. The van der Waals surface area contributed by atoms with E-state index < -0.39 is 5.97 Å². The molecule has 3 N–H and O–H groups in total. The fourth-order valence-corrected chi connectivity index (χ4v) is 1.96. The lowest BCUT2D eigenvalue weighted by molar-refractivity contribution is -0.137. The minimum absolute atomic E-state index is 0.0930. The molecule has 0 radical (unpaired) electrons. The van der Waals surface area contributed by atoms with Crippen LogP contribution in [0.25, 0.3) is 0 Å². The summed E-state index contributed by atoms with van der Waals surface area (Å²) in [5, 5.41) is 18.3. The standard InChI is InChI=1S/C11H16N4O3/c16-10(17)7-15-6-8(5-13-15)14-11(18)9-3-1-2-4-12-9/h5-6,9,12H,1-4,7H2,(H,14,18)(H,16,17). The van der Waals surface area contributed by atoms with Crippen molar-refractivity contribution in [1.29, 1.82) is 0 Å². The molecule has 98 valence electrons. The molecule has 2 heterocycles. The molecule has 7 heteroatoms. The highest BCUT2D eigenvalue weighted by Gasteiger charge is 2.20. The zero-order valence-electron chi connectivity index (χ0n) is 9.93. The number of nitrogens with one attached hydrogen (secondary N) is 2. The number of hydrogen-bond donors (Lipinski definition) is 3. The Balaban J connectivity index is 1.90. The van der Waals surface area contributed by atoms with E-state index in [1.54, 1.807) is 0 Å². The molecule has 1 aromatic heterocycles. The van der Waals surface area contributed by atoms with Crippen LogP contribution in [0.2, 0.25) is 0 Å². The number of carbonyl (C=O) groups is 2. The molecule has 2 rings (SSSR count).